The third-order valence-corrected chi connectivity index (χ3v) is 3.93. The number of aliphatic hydroxyl groups is 1. The maximum atomic E-state index is 13.2. The molecule has 3 rings (SSSR count). The lowest BCUT2D eigenvalue weighted by atomic mass is 10.1. The largest absolute Gasteiger partial charge is 0.387 e. The molecule has 0 saturated carbocycles. The van der Waals surface area contributed by atoms with Crippen LogP contribution in [-0.2, 0) is 0 Å². The zero-order valence-electron chi connectivity index (χ0n) is 13.8. The molecule has 1 amide bonds. The number of benzene rings is 2. The maximum absolute atomic E-state index is 13.2. The van der Waals surface area contributed by atoms with Crippen LogP contribution in [0.3, 0.4) is 0 Å². The van der Waals surface area contributed by atoms with Crippen LogP contribution in [0.15, 0.2) is 71.5 Å². The van der Waals surface area contributed by atoms with E-state index in [1.807, 2.05) is 30.3 Å². The van der Waals surface area contributed by atoms with E-state index >= 15 is 0 Å². The van der Waals surface area contributed by atoms with Crippen LogP contribution >= 0.6 is 0 Å². The van der Waals surface area contributed by atoms with Gasteiger partial charge < -0.3 is 15.4 Å². The molecule has 0 aliphatic rings. The van der Waals surface area contributed by atoms with Gasteiger partial charge in [0, 0.05) is 12.2 Å². The standard InChI is InChI=1S/C20H17FN2O3/c21-15-8-4-7-14(11-15)18(24)12-22-19(25)16-9-10-17(23-20(16)26)13-5-2-1-3-6-13/h1-11,18,24H,12H2,(H,22,25)(H,23,26). The number of carbonyl (C=O) groups excluding carboxylic acids is 1. The molecular formula is C20H17FN2O3. The molecule has 0 fully saturated rings. The van der Waals surface area contributed by atoms with Crippen LogP contribution in [0.1, 0.15) is 22.0 Å². The van der Waals surface area contributed by atoms with E-state index in [-0.39, 0.29) is 12.1 Å². The van der Waals surface area contributed by atoms with Crippen molar-refractivity contribution in [3.63, 3.8) is 0 Å². The highest BCUT2D eigenvalue weighted by Gasteiger charge is 2.14. The number of halogens is 1. The van der Waals surface area contributed by atoms with E-state index in [4.69, 9.17) is 0 Å². The molecule has 3 N–H and O–H groups in total. The van der Waals surface area contributed by atoms with E-state index in [0.29, 0.717) is 11.3 Å². The average Bonchev–Trinajstić information content (AvgIpc) is 2.66. The molecule has 0 spiro atoms. The molecule has 1 heterocycles. The van der Waals surface area contributed by atoms with Crippen LogP contribution in [-0.4, -0.2) is 22.5 Å². The van der Waals surface area contributed by atoms with Crippen molar-refractivity contribution in [1.29, 1.82) is 0 Å². The zero-order valence-corrected chi connectivity index (χ0v) is 13.8. The fraction of sp³-hybridized carbons (Fsp3) is 0.100. The van der Waals surface area contributed by atoms with Crippen molar-refractivity contribution in [1.82, 2.24) is 10.3 Å². The lowest BCUT2D eigenvalue weighted by Crippen LogP contribution is -2.32. The van der Waals surface area contributed by atoms with Crippen LogP contribution in [0, 0.1) is 5.82 Å². The van der Waals surface area contributed by atoms with E-state index in [1.54, 1.807) is 12.1 Å². The first-order chi connectivity index (χ1) is 12.5. The Kier molecular flexibility index (Phi) is 5.24. The summed E-state index contributed by atoms with van der Waals surface area (Å²) >= 11 is 0. The minimum atomic E-state index is -1.07. The zero-order chi connectivity index (χ0) is 18.5. The molecule has 0 aliphatic heterocycles. The summed E-state index contributed by atoms with van der Waals surface area (Å²) < 4.78 is 13.2. The van der Waals surface area contributed by atoms with E-state index in [0.717, 1.165) is 5.56 Å². The normalized spacial score (nSPS) is 11.8. The van der Waals surface area contributed by atoms with Gasteiger partial charge in [-0.15, -0.1) is 0 Å². The molecule has 6 heteroatoms. The van der Waals surface area contributed by atoms with Crippen LogP contribution in [0.25, 0.3) is 11.3 Å². The Morgan fingerprint density at radius 3 is 2.54 bits per heavy atom. The van der Waals surface area contributed by atoms with E-state index in [1.165, 1.54) is 24.3 Å². The summed E-state index contributed by atoms with van der Waals surface area (Å²) in [6.45, 7) is -0.137. The number of carbonyl (C=O) groups is 1. The third-order valence-electron chi connectivity index (χ3n) is 3.93. The molecule has 0 radical (unpaired) electrons. The Labute approximate surface area is 149 Å². The van der Waals surface area contributed by atoms with Gasteiger partial charge in [0.25, 0.3) is 11.5 Å². The van der Waals surface area contributed by atoms with E-state index in [9.17, 15) is 19.1 Å². The summed E-state index contributed by atoms with van der Waals surface area (Å²) in [6, 6.07) is 17.8. The summed E-state index contributed by atoms with van der Waals surface area (Å²) in [5, 5.41) is 12.5. The molecule has 26 heavy (non-hydrogen) atoms. The first kappa shape index (κ1) is 17.6. The monoisotopic (exact) mass is 352 g/mol. The Bertz CT molecular complexity index is 970. The Hall–Kier alpha value is -3.25. The number of hydrogen-bond donors (Lipinski definition) is 3. The molecule has 1 unspecified atom stereocenters. The van der Waals surface area contributed by atoms with Gasteiger partial charge in [0.05, 0.1) is 6.10 Å². The van der Waals surface area contributed by atoms with Crippen LogP contribution in [0.5, 0.6) is 0 Å². The summed E-state index contributed by atoms with van der Waals surface area (Å²) in [4.78, 5) is 27.1. The van der Waals surface area contributed by atoms with Gasteiger partial charge in [0.2, 0.25) is 0 Å². The highest BCUT2D eigenvalue weighted by atomic mass is 19.1. The lowest BCUT2D eigenvalue weighted by molar-refractivity contribution is 0.0914. The van der Waals surface area contributed by atoms with Crippen LogP contribution in [0.2, 0.25) is 0 Å². The predicted octanol–water partition coefficient (Wildman–Crippen LogP) is 2.64. The topological polar surface area (TPSA) is 82.2 Å². The van der Waals surface area contributed by atoms with Gasteiger partial charge in [-0.25, -0.2) is 4.39 Å². The number of amides is 1. The predicted molar refractivity (Wildman–Crippen MR) is 96.2 cm³/mol. The first-order valence-electron chi connectivity index (χ1n) is 8.05. The van der Waals surface area contributed by atoms with Gasteiger partial charge in [-0.1, -0.05) is 42.5 Å². The molecule has 3 aromatic rings. The number of pyridine rings is 1. The van der Waals surface area contributed by atoms with Crippen molar-refractivity contribution in [3.8, 4) is 11.3 Å². The summed E-state index contributed by atoms with van der Waals surface area (Å²) in [7, 11) is 0. The fourth-order valence-corrected chi connectivity index (χ4v) is 2.55. The fourth-order valence-electron chi connectivity index (χ4n) is 2.55. The molecule has 2 aromatic carbocycles. The molecule has 5 nitrogen and oxygen atoms in total. The minimum Gasteiger partial charge on any atom is -0.387 e. The molecule has 0 bridgehead atoms. The van der Waals surface area contributed by atoms with E-state index in [2.05, 4.69) is 10.3 Å². The quantitative estimate of drug-likeness (QED) is 0.660. The maximum Gasteiger partial charge on any atom is 0.261 e. The van der Waals surface area contributed by atoms with Crippen LogP contribution < -0.4 is 10.9 Å². The van der Waals surface area contributed by atoms with Gasteiger partial charge in [-0.05, 0) is 35.4 Å². The number of aromatic nitrogens is 1. The Morgan fingerprint density at radius 1 is 1.08 bits per heavy atom. The number of rotatable bonds is 5. The Balaban J connectivity index is 1.69. The second-order valence-corrected chi connectivity index (χ2v) is 5.76. The highest BCUT2D eigenvalue weighted by Crippen LogP contribution is 2.15. The van der Waals surface area contributed by atoms with Gasteiger partial charge in [0.1, 0.15) is 11.4 Å². The van der Waals surface area contributed by atoms with Gasteiger partial charge in [-0.2, -0.15) is 0 Å². The molecule has 132 valence electrons. The number of H-pyrrole nitrogens is 1. The second-order valence-electron chi connectivity index (χ2n) is 5.76. The molecule has 1 aromatic heterocycles. The van der Waals surface area contributed by atoms with Crippen molar-refractivity contribution in [2.75, 3.05) is 6.54 Å². The third kappa shape index (κ3) is 4.04. The summed E-state index contributed by atoms with van der Waals surface area (Å²) in [5.74, 6) is -1.08. The lowest BCUT2D eigenvalue weighted by Gasteiger charge is -2.12. The van der Waals surface area contributed by atoms with Crippen molar-refractivity contribution in [2.24, 2.45) is 0 Å². The SMILES string of the molecule is O=C(NCC(O)c1cccc(F)c1)c1ccc(-c2ccccc2)[nH]c1=O. The highest BCUT2D eigenvalue weighted by molar-refractivity contribution is 5.94. The number of aromatic amines is 1. The summed E-state index contributed by atoms with van der Waals surface area (Å²) in [6.07, 6.45) is -1.07. The minimum absolute atomic E-state index is 0.0591. The molecule has 1 atom stereocenters. The molecule has 0 aliphatic carbocycles. The number of aliphatic hydroxyl groups excluding tert-OH is 1. The first-order valence-corrected chi connectivity index (χ1v) is 8.05. The number of nitrogens with one attached hydrogen (secondary N) is 2. The van der Waals surface area contributed by atoms with Crippen LogP contribution in [0.4, 0.5) is 4.39 Å². The van der Waals surface area contributed by atoms with Gasteiger partial charge >= 0.3 is 0 Å². The van der Waals surface area contributed by atoms with Crippen molar-refractivity contribution in [3.05, 3.63) is 94.0 Å². The number of hydrogen-bond acceptors (Lipinski definition) is 3. The second kappa shape index (κ2) is 7.76. The Morgan fingerprint density at radius 2 is 1.85 bits per heavy atom. The van der Waals surface area contributed by atoms with E-state index < -0.39 is 23.4 Å². The van der Waals surface area contributed by atoms with Crippen molar-refractivity contribution < 1.29 is 14.3 Å². The van der Waals surface area contributed by atoms with Gasteiger partial charge in [-0.3, -0.25) is 9.59 Å². The van der Waals surface area contributed by atoms with Crippen molar-refractivity contribution in [2.45, 2.75) is 6.10 Å². The molecule has 0 saturated heterocycles. The smallest absolute Gasteiger partial charge is 0.261 e. The molecular weight excluding hydrogens is 335 g/mol. The average molecular weight is 352 g/mol. The van der Waals surface area contributed by atoms with Gasteiger partial charge in [0.15, 0.2) is 0 Å². The van der Waals surface area contributed by atoms with Crippen molar-refractivity contribution >= 4 is 5.91 Å². The summed E-state index contributed by atoms with van der Waals surface area (Å²) in [5.41, 5.74) is 1.20.